The second kappa shape index (κ2) is 7.64. The Bertz CT molecular complexity index is 1000. The van der Waals surface area contributed by atoms with Gasteiger partial charge < -0.3 is 0 Å². The summed E-state index contributed by atoms with van der Waals surface area (Å²) < 4.78 is 27.6. The molecule has 132 valence electrons. The van der Waals surface area contributed by atoms with Gasteiger partial charge in [-0.1, -0.05) is 66.7 Å². The second-order valence-electron chi connectivity index (χ2n) is 5.98. The van der Waals surface area contributed by atoms with Crippen LogP contribution in [0.4, 0.5) is 0 Å². The highest BCUT2D eigenvalue weighted by molar-refractivity contribution is 7.89. The molecule has 1 N–H and O–H groups in total. The Hall–Kier alpha value is -2.76. The summed E-state index contributed by atoms with van der Waals surface area (Å²) in [5.41, 5.74) is 1.85. The van der Waals surface area contributed by atoms with Gasteiger partial charge in [-0.05, 0) is 30.7 Å². The van der Waals surface area contributed by atoms with Crippen LogP contribution in [0.2, 0.25) is 0 Å². The Morgan fingerprint density at radius 2 is 1.38 bits per heavy atom. The molecular formula is C21H19NO3S. The van der Waals surface area contributed by atoms with Crippen LogP contribution >= 0.6 is 0 Å². The zero-order chi connectivity index (χ0) is 18.6. The van der Waals surface area contributed by atoms with Crippen molar-refractivity contribution in [2.45, 2.75) is 17.9 Å². The van der Waals surface area contributed by atoms with E-state index in [0.29, 0.717) is 11.1 Å². The van der Waals surface area contributed by atoms with Crippen molar-refractivity contribution in [1.29, 1.82) is 0 Å². The van der Waals surface area contributed by atoms with Gasteiger partial charge in [-0.25, -0.2) is 13.1 Å². The van der Waals surface area contributed by atoms with E-state index in [0.717, 1.165) is 5.56 Å². The lowest BCUT2D eigenvalue weighted by atomic mass is 9.99. The molecule has 26 heavy (non-hydrogen) atoms. The minimum Gasteiger partial charge on any atom is -0.289 e. The quantitative estimate of drug-likeness (QED) is 0.673. The third-order valence-corrected chi connectivity index (χ3v) is 5.63. The fraction of sp³-hybridized carbons (Fsp3) is 0.0952. The third-order valence-electron chi connectivity index (χ3n) is 4.07. The largest absolute Gasteiger partial charge is 0.289 e. The van der Waals surface area contributed by atoms with Gasteiger partial charge in [-0.3, -0.25) is 4.79 Å². The fourth-order valence-corrected chi connectivity index (χ4v) is 3.93. The molecule has 0 unspecified atom stereocenters. The highest BCUT2D eigenvalue weighted by Crippen LogP contribution is 2.19. The Balaban J connectivity index is 1.83. The molecule has 0 spiro atoms. The van der Waals surface area contributed by atoms with E-state index < -0.39 is 16.1 Å². The van der Waals surface area contributed by atoms with E-state index in [2.05, 4.69) is 4.72 Å². The Morgan fingerprint density at radius 3 is 2.04 bits per heavy atom. The fourth-order valence-electron chi connectivity index (χ4n) is 2.67. The third kappa shape index (κ3) is 4.07. The number of carbonyl (C=O) groups is 1. The number of nitrogens with one attached hydrogen (secondary N) is 1. The van der Waals surface area contributed by atoms with E-state index in [-0.39, 0.29) is 10.7 Å². The number of rotatable bonds is 6. The van der Waals surface area contributed by atoms with Gasteiger partial charge in [0.2, 0.25) is 10.0 Å². The number of carbonyl (C=O) groups excluding carboxylic acids is 1. The maximum atomic E-state index is 12.6. The zero-order valence-electron chi connectivity index (χ0n) is 14.3. The lowest BCUT2D eigenvalue weighted by Gasteiger charge is -2.15. The molecule has 0 amide bonds. The molecule has 0 radical (unpaired) electrons. The first-order valence-corrected chi connectivity index (χ1v) is 9.73. The van der Waals surface area contributed by atoms with Crippen LogP contribution in [0, 0.1) is 0 Å². The number of sulfonamides is 1. The van der Waals surface area contributed by atoms with Gasteiger partial charge in [-0.15, -0.1) is 0 Å². The maximum absolute atomic E-state index is 12.6. The lowest BCUT2D eigenvalue weighted by molar-refractivity contribution is 0.103. The highest BCUT2D eigenvalue weighted by atomic mass is 32.2. The van der Waals surface area contributed by atoms with Crippen LogP contribution in [0.5, 0.6) is 0 Å². The van der Waals surface area contributed by atoms with Gasteiger partial charge in [-0.2, -0.15) is 0 Å². The van der Waals surface area contributed by atoms with Crippen molar-refractivity contribution in [3.8, 4) is 0 Å². The van der Waals surface area contributed by atoms with Crippen molar-refractivity contribution in [3.05, 3.63) is 102 Å². The summed E-state index contributed by atoms with van der Waals surface area (Å²) in [4.78, 5) is 12.8. The predicted molar refractivity (Wildman–Crippen MR) is 101 cm³/mol. The van der Waals surface area contributed by atoms with Gasteiger partial charge in [0.15, 0.2) is 5.78 Å². The zero-order valence-corrected chi connectivity index (χ0v) is 15.1. The molecule has 0 aliphatic rings. The summed E-state index contributed by atoms with van der Waals surface area (Å²) in [5, 5.41) is 0. The number of hydrogen-bond donors (Lipinski definition) is 1. The molecule has 0 saturated carbocycles. The summed E-state index contributed by atoms with van der Waals surface area (Å²) in [6, 6.07) is 23.8. The number of ketones is 1. The van der Waals surface area contributed by atoms with Crippen LogP contribution in [-0.4, -0.2) is 14.2 Å². The molecule has 0 aliphatic carbocycles. The lowest BCUT2D eigenvalue weighted by Crippen LogP contribution is -2.27. The van der Waals surface area contributed by atoms with Crippen LogP contribution in [0.3, 0.4) is 0 Å². The van der Waals surface area contributed by atoms with E-state index in [1.807, 2.05) is 18.2 Å². The van der Waals surface area contributed by atoms with Gasteiger partial charge >= 0.3 is 0 Å². The van der Waals surface area contributed by atoms with Crippen molar-refractivity contribution < 1.29 is 13.2 Å². The monoisotopic (exact) mass is 365 g/mol. The molecule has 1 atom stereocenters. The normalized spacial score (nSPS) is 12.5. The molecule has 3 aromatic rings. The first-order chi connectivity index (χ1) is 12.5. The molecule has 0 bridgehead atoms. The molecule has 0 saturated heterocycles. The standard InChI is InChI=1S/C21H19NO3S/c1-16(22-26(24,25)20-13-6-3-7-14-20)18-11-8-12-19(15-18)21(23)17-9-4-2-5-10-17/h2-16,22H,1H3/t16-/m1/s1. The van der Waals surface area contributed by atoms with E-state index in [1.54, 1.807) is 73.7 Å². The molecule has 0 aliphatic heterocycles. The number of benzene rings is 3. The van der Waals surface area contributed by atoms with Crippen molar-refractivity contribution >= 4 is 15.8 Å². The molecule has 0 heterocycles. The van der Waals surface area contributed by atoms with Crippen molar-refractivity contribution in [2.24, 2.45) is 0 Å². The minimum atomic E-state index is -3.63. The molecule has 0 fully saturated rings. The molecule has 3 aromatic carbocycles. The van der Waals surface area contributed by atoms with Gasteiger partial charge in [0.05, 0.1) is 4.90 Å². The molecular weight excluding hydrogens is 346 g/mol. The van der Waals surface area contributed by atoms with Gasteiger partial charge in [0.25, 0.3) is 0 Å². The van der Waals surface area contributed by atoms with E-state index in [4.69, 9.17) is 0 Å². The average molecular weight is 365 g/mol. The van der Waals surface area contributed by atoms with E-state index >= 15 is 0 Å². The van der Waals surface area contributed by atoms with Gasteiger partial charge in [0, 0.05) is 17.2 Å². The summed E-state index contributed by atoms with van der Waals surface area (Å²) >= 11 is 0. The smallest absolute Gasteiger partial charge is 0.241 e. The topological polar surface area (TPSA) is 63.2 Å². The summed E-state index contributed by atoms with van der Waals surface area (Å²) in [7, 11) is -3.63. The molecule has 3 rings (SSSR count). The summed E-state index contributed by atoms with van der Waals surface area (Å²) in [6.45, 7) is 1.76. The van der Waals surface area contributed by atoms with Crippen LogP contribution in [0.25, 0.3) is 0 Å². The van der Waals surface area contributed by atoms with Crippen LogP contribution in [-0.2, 0) is 10.0 Å². The maximum Gasteiger partial charge on any atom is 0.241 e. The first-order valence-electron chi connectivity index (χ1n) is 8.24. The molecule has 0 aromatic heterocycles. The van der Waals surface area contributed by atoms with Crippen LogP contribution < -0.4 is 4.72 Å². The van der Waals surface area contributed by atoms with E-state index in [9.17, 15) is 13.2 Å². The summed E-state index contributed by atoms with van der Waals surface area (Å²) in [5.74, 6) is -0.0921. The second-order valence-corrected chi connectivity index (χ2v) is 7.69. The average Bonchev–Trinajstić information content (AvgIpc) is 2.68. The van der Waals surface area contributed by atoms with Crippen molar-refractivity contribution in [2.75, 3.05) is 0 Å². The molecule has 4 nitrogen and oxygen atoms in total. The Morgan fingerprint density at radius 1 is 0.808 bits per heavy atom. The minimum absolute atomic E-state index is 0.0921. The molecule has 5 heteroatoms. The number of hydrogen-bond acceptors (Lipinski definition) is 3. The van der Waals surface area contributed by atoms with E-state index in [1.165, 1.54) is 0 Å². The highest BCUT2D eigenvalue weighted by Gasteiger charge is 2.19. The van der Waals surface area contributed by atoms with Crippen molar-refractivity contribution in [1.82, 2.24) is 4.72 Å². The first kappa shape index (κ1) is 18.0. The van der Waals surface area contributed by atoms with Crippen LogP contribution in [0.1, 0.15) is 34.5 Å². The Labute approximate surface area is 153 Å². The van der Waals surface area contributed by atoms with Crippen molar-refractivity contribution in [3.63, 3.8) is 0 Å². The predicted octanol–water partition coefficient (Wildman–Crippen LogP) is 3.96. The summed E-state index contributed by atoms with van der Waals surface area (Å²) in [6.07, 6.45) is 0. The van der Waals surface area contributed by atoms with Gasteiger partial charge in [0.1, 0.15) is 0 Å². The Kier molecular flexibility index (Phi) is 5.30. The SMILES string of the molecule is C[C@@H](NS(=O)(=O)c1ccccc1)c1cccc(C(=O)c2ccccc2)c1. The van der Waals surface area contributed by atoms with Crippen LogP contribution in [0.15, 0.2) is 89.8 Å².